The number of allylic oxidation sites excluding steroid dienone is 1. The Morgan fingerprint density at radius 1 is 1.55 bits per heavy atom. The van der Waals surface area contributed by atoms with E-state index in [1.54, 1.807) is 12.3 Å². The first-order valence-corrected chi connectivity index (χ1v) is 4.16. The molecule has 56 valence electrons. The van der Waals surface area contributed by atoms with Crippen molar-refractivity contribution in [1.82, 2.24) is 0 Å². The molecule has 0 unspecified atom stereocenters. The van der Waals surface area contributed by atoms with E-state index in [1.165, 1.54) is 0 Å². The second kappa shape index (κ2) is 2.53. The summed E-state index contributed by atoms with van der Waals surface area (Å²) in [6.07, 6.45) is 3.35. The number of hydrogen-bond donors (Lipinski definition) is 0. The Hall–Kier alpha value is -0.480. The lowest BCUT2D eigenvalue weighted by atomic mass is 10.2. The standard InChI is InChI=1S/C6H3BrClN3/c7-6-10-4-3(8)1-2-9-5(4)11-6/h1-2,4H/t4-/m1/s1. The van der Waals surface area contributed by atoms with Crippen LogP contribution >= 0.6 is 27.5 Å². The van der Waals surface area contributed by atoms with Crippen molar-refractivity contribution in [2.75, 3.05) is 0 Å². The summed E-state index contributed by atoms with van der Waals surface area (Å²) in [4.78, 5) is 12.1. The van der Waals surface area contributed by atoms with E-state index in [9.17, 15) is 0 Å². The Balaban J connectivity index is 2.44. The summed E-state index contributed by atoms with van der Waals surface area (Å²) in [5, 5.41) is 0.660. The summed E-state index contributed by atoms with van der Waals surface area (Å²) in [7, 11) is 0. The maximum atomic E-state index is 5.84. The van der Waals surface area contributed by atoms with Crippen molar-refractivity contribution >= 4 is 44.3 Å². The van der Waals surface area contributed by atoms with E-state index in [1.807, 2.05) is 0 Å². The number of halogens is 2. The van der Waals surface area contributed by atoms with Gasteiger partial charge in [0.25, 0.3) is 0 Å². The Labute approximate surface area is 76.7 Å². The van der Waals surface area contributed by atoms with Crippen molar-refractivity contribution in [3.05, 3.63) is 11.1 Å². The topological polar surface area (TPSA) is 37.1 Å². The van der Waals surface area contributed by atoms with Crippen LogP contribution in [0.1, 0.15) is 0 Å². The average molecular weight is 232 g/mol. The van der Waals surface area contributed by atoms with Crippen LogP contribution in [-0.4, -0.2) is 22.8 Å². The molecule has 11 heavy (non-hydrogen) atoms. The third-order valence-corrected chi connectivity index (χ3v) is 2.10. The van der Waals surface area contributed by atoms with Gasteiger partial charge in [-0.1, -0.05) is 11.6 Å². The second-order valence-electron chi connectivity index (χ2n) is 2.10. The van der Waals surface area contributed by atoms with Crippen LogP contribution < -0.4 is 0 Å². The zero-order chi connectivity index (χ0) is 7.84. The van der Waals surface area contributed by atoms with E-state index in [2.05, 4.69) is 30.9 Å². The summed E-state index contributed by atoms with van der Waals surface area (Å²) < 4.78 is 0.558. The smallest absolute Gasteiger partial charge is 0.194 e. The van der Waals surface area contributed by atoms with E-state index < -0.39 is 0 Å². The number of fused-ring (bicyclic) bond motifs is 1. The SMILES string of the molecule is ClC1=CC=NC2=NC(Br)=N[C@H]12. The number of rotatable bonds is 0. The maximum absolute atomic E-state index is 5.84. The van der Waals surface area contributed by atoms with Crippen LogP contribution in [0.3, 0.4) is 0 Å². The zero-order valence-corrected chi connectivity index (χ0v) is 7.67. The molecule has 0 spiro atoms. The van der Waals surface area contributed by atoms with Crippen molar-refractivity contribution in [2.45, 2.75) is 6.04 Å². The summed E-state index contributed by atoms with van der Waals surface area (Å²) >= 11 is 9.00. The zero-order valence-electron chi connectivity index (χ0n) is 5.33. The van der Waals surface area contributed by atoms with E-state index in [4.69, 9.17) is 11.6 Å². The fraction of sp³-hybridized carbons (Fsp3) is 0.167. The van der Waals surface area contributed by atoms with Gasteiger partial charge in [0.1, 0.15) is 6.04 Å². The molecule has 0 aliphatic carbocycles. The van der Waals surface area contributed by atoms with Crippen molar-refractivity contribution in [3.63, 3.8) is 0 Å². The predicted octanol–water partition coefficient (Wildman–Crippen LogP) is 1.73. The summed E-state index contributed by atoms with van der Waals surface area (Å²) in [6, 6.07) is -0.170. The highest BCUT2D eigenvalue weighted by Crippen LogP contribution is 2.22. The molecule has 0 radical (unpaired) electrons. The van der Waals surface area contributed by atoms with E-state index >= 15 is 0 Å². The first-order valence-electron chi connectivity index (χ1n) is 2.99. The lowest BCUT2D eigenvalue weighted by Crippen LogP contribution is -2.16. The molecule has 2 rings (SSSR count). The Bertz CT molecular complexity index is 316. The molecule has 2 heterocycles. The van der Waals surface area contributed by atoms with Crippen molar-refractivity contribution in [1.29, 1.82) is 0 Å². The average Bonchev–Trinajstić information content (AvgIpc) is 2.31. The third-order valence-electron chi connectivity index (χ3n) is 1.39. The summed E-state index contributed by atoms with van der Waals surface area (Å²) in [5.41, 5.74) is 0. The Morgan fingerprint density at radius 3 is 3.09 bits per heavy atom. The number of dihydropyridines is 1. The maximum Gasteiger partial charge on any atom is 0.194 e. The lowest BCUT2D eigenvalue weighted by Gasteiger charge is -2.07. The molecular weight excluding hydrogens is 229 g/mol. The molecule has 0 aromatic rings. The van der Waals surface area contributed by atoms with Gasteiger partial charge in [-0.2, -0.15) is 0 Å². The van der Waals surface area contributed by atoms with Crippen LogP contribution in [0.5, 0.6) is 0 Å². The fourth-order valence-electron chi connectivity index (χ4n) is 0.909. The quantitative estimate of drug-likeness (QED) is 0.571. The Morgan fingerprint density at radius 2 is 2.36 bits per heavy atom. The molecule has 0 N–H and O–H groups in total. The van der Waals surface area contributed by atoms with Gasteiger partial charge in [0, 0.05) is 6.21 Å². The highest BCUT2D eigenvalue weighted by atomic mass is 79.9. The van der Waals surface area contributed by atoms with Gasteiger partial charge in [-0.3, -0.25) is 0 Å². The number of hydrogen-bond acceptors (Lipinski definition) is 3. The molecule has 0 aromatic heterocycles. The van der Waals surface area contributed by atoms with Crippen molar-refractivity contribution in [2.24, 2.45) is 15.0 Å². The Kier molecular flexibility index (Phi) is 1.65. The highest BCUT2D eigenvalue weighted by molar-refractivity contribution is 9.18. The molecule has 5 heteroatoms. The van der Waals surface area contributed by atoms with Crippen LogP contribution in [0, 0.1) is 0 Å². The summed E-state index contributed by atoms with van der Waals surface area (Å²) in [6.45, 7) is 0. The normalized spacial score (nSPS) is 27.5. The minimum Gasteiger partial charge on any atom is -0.243 e. The predicted molar refractivity (Wildman–Crippen MR) is 50.0 cm³/mol. The lowest BCUT2D eigenvalue weighted by molar-refractivity contribution is 1.07. The molecule has 0 amide bonds. The van der Waals surface area contributed by atoms with Crippen LogP contribution in [0.4, 0.5) is 0 Å². The molecule has 0 saturated heterocycles. The van der Waals surface area contributed by atoms with Gasteiger partial charge in [-0.25, -0.2) is 15.0 Å². The summed E-state index contributed by atoms with van der Waals surface area (Å²) in [5.74, 6) is 0.657. The van der Waals surface area contributed by atoms with Gasteiger partial charge < -0.3 is 0 Å². The highest BCUT2D eigenvalue weighted by Gasteiger charge is 2.25. The molecule has 2 aliphatic rings. The molecule has 2 aliphatic heterocycles. The van der Waals surface area contributed by atoms with Crippen molar-refractivity contribution in [3.8, 4) is 0 Å². The molecular formula is C6H3BrClN3. The number of amidine groups is 2. The van der Waals surface area contributed by atoms with Gasteiger partial charge in [0.15, 0.2) is 10.6 Å². The van der Waals surface area contributed by atoms with E-state index in [0.717, 1.165) is 0 Å². The van der Waals surface area contributed by atoms with Crippen LogP contribution in [0.2, 0.25) is 0 Å². The first kappa shape index (κ1) is 7.18. The van der Waals surface area contributed by atoms with Crippen LogP contribution in [0.25, 0.3) is 0 Å². The van der Waals surface area contributed by atoms with E-state index in [0.29, 0.717) is 15.6 Å². The molecule has 0 aromatic carbocycles. The fourth-order valence-corrected chi connectivity index (χ4v) is 1.50. The molecule has 0 saturated carbocycles. The minimum absolute atomic E-state index is 0.170. The van der Waals surface area contributed by atoms with E-state index in [-0.39, 0.29) is 6.04 Å². The molecule has 0 bridgehead atoms. The van der Waals surface area contributed by atoms with Gasteiger partial charge in [-0.05, 0) is 22.0 Å². The first-order chi connectivity index (χ1) is 5.27. The largest absolute Gasteiger partial charge is 0.243 e. The van der Waals surface area contributed by atoms with Gasteiger partial charge in [0.05, 0.1) is 5.03 Å². The number of nitrogens with zero attached hydrogens (tertiary/aromatic N) is 3. The molecule has 0 fully saturated rings. The van der Waals surface area contributed by atoms with Crippen LogP contribution in [-0.2, 0) is 0 Å². The van der Waals surface area contributed by atoms with Gasteiger partial charge >= 0.3 is 0 Å². The molecule has 3 nitrogen and oxygen atoms in total. The van der Waals surface area contributed by atoms with Crippen LogP contribution in [0.15, 0.2) is 26.1 Å². The second-order valence-corrected chi connectivity index (χ2v) is 3.25. The van der Waals surface area contributed by atoms with Gasteiger partial charge in [0.2, 0.25) is 0 Å². The van der Waals surface area contributed by atoms with Crippen molar-refractivity contribution < 1.29 is 0 Å². The third kappa shape index (κ3) is 1.16. The monoisotopic (exact) mass is 231 g/mol. The van der Waals surface area contributed by atoms with Gasteiger partial charge in [-0.15, -0.1) is 0 Å². The molecule has 1 atom stereocenters. The minimum atomic E-state index is -0.170. The number of aliphatic imine (C=N–C) groups is 3.